The Bertz CT molecular complexity index is 1180. The summed E-state index contributed by atoms with van der Waals surface area (Å²) in [5.74, 6) is 0. The molecule has 0 unspecified atom stereocenters. The standard InChI is InChI=1S/C18H14N6S2/c1-10-8-15(25-18-23-22-17(26-18)20-11-6-7-11)24-14-5-3-2-4-13(14)21-16(24)12(10)9-19/h2-5,8,11H,6-7H2,1H3,(H,20,22). The number of nitrogens with one attached hydrogen (secondary N) is 1. The van der Waals surface area contributed by atoms with Crippen LogP contribution in [-0.2, 0) is 0 Å². The SMILES string of the molecule is Cc1cc(Sc2nnc(NC3CC3)s2)n2c(nc3ccccc32)c1C#N. The molecule has 4 aromatic rings. The molecule has 128 valence electrons. The second-order valence-corrected chi connectivity index (χ2v) is 8.55. The molecule has 26 heavy (non-hydrogen) atoms. The van der Waals surface area contributed by atoms with Gasteiger partial charge in [-0.05, 0) is 55.3 Å². The zero-order valence-electron chi connectivity index (χ0n) is 13.9. The van der Waals surface area contributed by atoms with Crippen LogP contribution in [0.5, 0.6) is 0 Å². The van der Waals surface area contributed by atoms with Crippen LogP contribution in [0.15, 0.2) is 39.7 Å². The maximum atomic E-state index is 9.58. The number of hydrogen-bond donors (Lipinski definition) is 1. The molecule has 6 nitrogen and oxygen atoms in total. The highest BCUT2D eigenvalue weighted by Gasteiger charge is 2.23. The molecule has 0 radical (unpaired) electrons. The third-order valence-corrected chi connectivity index (χ3v) is 6.27. The molecule has 8 heteroatoms. The third-order valence-electron chi connectivity index (χ3n) is 4.35. The summed E-state index contributed by atoms with van der Waals surface area (Å²) in [5, 5.41) is 23.4. The van der Waals surface area contributed by atoms with E-state index in [2.05, 4.69) is 26.6 Å². The molecule has 5 rings (SSSR count). The molecule has 3 heterocycles. The van der Waals surface area contributed by atoms with Crippen molar-refractivity contribution < 1.29 is 0 Å². The van der Waals surface area contributed by atoms with Crippen molar-refractivity contribution in [1.29, 1.82) is 5.26 Å². The van der Waals surface area contributed by atoms with E-state index in [1.54, 1.807) is 23.1 Å². The van der Waals surface area contributed by atoms with Crippen molar-refractivity contribution in [3.05, 3.63) is 41.5 Å². The summed E-state index contributed by atoms with van der Waals surface area (Å²) in [7, 11) is 0. The number of para-hydroxylation sites is 2. The van der Waals surface area contributed by atoms with Crippen LogP contribution in [0.2, 0.25) is 0 Å². The maximum absolute atomic E-state index is 9.58. The molecule has 0 spiro atoms. The lowest BCUT2D eigenvalue weighted by molar-refractivity contribution is 0.984. The van der Waals surface area contributed by atoms with Gasteiger partial charge in [0.25, 0.3) is 0 Å². The molecule has 1 fully saturated rings. The monoisotopic (exact) mass is 378 g/mol. The van der Waals surface area contributed by atoms with Crippen molar-refractivity contribution >= 4 is 44.9 Å². The number of nitrogens with zero attached hydrogens (tertiary/aromatic N) is 5. The molecule has 1 saturated carbocycles. The summed E-state index contributed by atoms with van der Waals surface area (Å²) in [6.45, 7) is 1.95. The van der Waals surface area contributed by atoms with Gasteiger partial charge < -0.3 is 5.32 Å². The number of imidazole rings is 1. The zero-order chi connectivity index (χ0) is 17.7. The Morgan fingerprint density at radius 2 is 2.15 bits per heavy atom. The van der Waals surface area contributed by atoms with E-state index in [-0.39, 0.29) is 0 Å². The molecule has 0 atom stereocenters. The van der Waals surface area contributed by atoms with Crippen molar-refractivity contribution in [3.63, 3.8) is 0 Å². The summed E-state index contributed by atoms with van der Waals surface area (Å²) in [6, 6.07) is 12.8. The van der Waals surface area contributed by atoms with Gasteiger partial charge in [0, 0.05) is 6.04 Å². The second kappa shape index (κ2) is 5.97. The minimum atomic E-state index is 0.558. The number of aryl methyl sites for hydroxylation is 1. The van der Waals surface area contributed by atoms with Crippen LogP contribution >= 0.6 is 23.1 Å². The van der Waals surface area contributed by atoms with Crippen LogP contribution in [0.25, 0.3) is 16.7 Å². The highest BCUT2D eigenvalue weighted by molar-refractivity contribution is 8.01. The lowest BCUT2D eigenvalue weighted by atomic mass is 10.2. The summed E-state index contributed by atoms with van der Waals surface area (Å²) in [4.78, 5) is 4.68. The van der Waals surface area contributed by atoms with Crippen molar-refractivity contribution in [2.75, 3.05) is 5.32 Å². The first-order valence-electron chi connectivity index (χ1n) is 8.32. The molecule has 0 saturated heterocycles. The largest absolute Gasteiger partial charge is 0.357 e. The van der Waals surface area contributed by atoms with Gasteiger partial charge in [0.1, 0.15) is 6.07 Å². The van der Waals surface area contributed by atoms with Gasteiger partial charge in [0.05, 0.1) is 21.6 Å². The Balaban J connectivity index is 1.64. The Morgan fingerprint density at radius 1 is 1.31 bits per heavy atom. The fraction of sp³-hybridized carbons (Fsp3) is 0.222. The van der Waals surface area contributed by atoms with Crippen LogP contribution in [0.3, 0.4) is 0 Å². The molecule has 1 aliphatic rings. The second-order valence-electron chi connectivity index (χ2n) is 6.31. The fourth-order valence-electron chi connectivity index (χ4n) is 2.93. The van der Waals surface area contributed by atoms with Gasteiger partial charge in [-0.1, -0.05) is 23.5 Å². The summed E-state index contributed by atoms with van der Waals surface area (Å²) < 4.78 is 2.91. The van der Waals surface area contributed by atoms with Crippen LogP contribution in [0.4, 0.5) is 5.13 Å². The lowest BCUT2D eigenvalue weighted by Gasteiger charge is -2.08. The summed E-state index contributed by atoms with van der Waals surface area (Å²) >= 11 is 3.12. The van der Waals surface area contributed by atoms with Crippen LogP contribution in [0, 0.1) is 18.3 Å². The van der Waals surface area contributed by atoms with E-state index in [0.29, 0.717) is 17.3 Å². The highest BCUT2D eigenvalue weighted by Crippen LogP contribution is 2.36. The first-order chi connectivity index (χ1) is 12.7. The van der Waals surface area contributed by atoms with E-state index in [0.717, 1.165) is 31.1 Å². The van der Waals surface area contributed by atoms with Crippen LogP contribution in [-0.4, -0.2) is 25.6 Å². The van der Waals surface area contributed by atoms with E-state index in [9.17, 15) is 5.26 Å². The maximum Gasteiger partial charge on any atom is 0.206 e. The van der Waals surface area contributed by atoms with E-state index in [1.165, 1.54) is 12.8 Å². The van der Waals surface area contributed by atoms with Gasteiger partial charge in [0.2, 0.25) is 5.13 Å². The topological polar surface area (TPSA) is 78.9 Å². The molecule has 1 N–H and O–H groups in total. The van der Waals surface area contributed by atoms with E-state index >= 15 is 0 Å². The van der Waals surface area contributed by atoms with Crippen molar-refractivity contribution in [3.8, 4) is 6.07 Å². The van der Waals surface area contributed by atoms with Crippen molar-refractivity contribution in [1.82, 2.24) is 19.6 Å². The molecule has 0 amide bonds. The van der Waals surface area contributed by atoms with E-state index in [1.807, 2.05) is 41.7 Å². The highest BCUT2D eigenvalue weighted by atomic mass is 32.2. The van der Waals surface area contributed by atoms with Crippen LogP contribution < -0.4 is 5.32 Å². The van der Waals surface area contributed by atoms with Gasteiger partial charge in [0.15, 0.2) is 9.99 Å². The fourth-order valence-corrected chi connectivity index (χ4v) is 4.92. The molecule has 1 aromatic carbocycles. The van der Waals surface area contributed by atoms with E-state index < -0.39 is 0 Å². The molecule has 1 aliphatic carbocycles. The summed E-state index contributed by atoms with van der Waals surface area (Å²) in [6.07, 6.45) is 2.41. The Kier molecular flexibility index (Phi) is 3.58. The molecular weight excluding hydrogens is 364 g/mol. The number of nitriles is 1. The Morgan fingerprint density at radius 3 is 2.96 bits per heavy atom. The predicted molar refractivity (Wildman–Crippen MR) is 103 cm³/mol. The number of benzene rings is 1. The average molecular weight is 378 g/mol. The van der Waals surface area contributed by atoms with Gasteiger partial charge in [-0.25, -0.2) is 4.98 Å². The minimum absolute atomic E-state index is 0.558. The van der Waals surface area contributed by atoms with Gasteiger partial charge in [-0.3, -0.25) is 4.40 Å². The third kappa shape index (κ3) is 2.60. The molecule has 0 aliphatic heterocycles. The molecule has 0 bridgehead atoms. The number of fused-ring (bicyclic) bond motifs is 3. The van der Waals surface area contributed by atoms with Crippen molar-refractivity contribution in [2.45, 2.75) is 35.2 Å². The zero-order valence-corrected chi connectivity index (χ0v) is 15.6. The number of rotatable bonds is 4. The smallest absolute Gasteiger partial charge is 0.206 e. The van der Waals surface area contributed by atoms with Crippen LogP contribution in [0.1, 0.15) is 24.0 Å². The van der Waals surface area contributed by atoms with Gasteiger partial charge in [-0.2, -0.15) is 5.26 Å². The normalized spacial score (nSPS) is 14.0. The lowest BCUT2D eigenvalue weighted by Crippen LogP contribution is -1.99. The Hall–Kier alpha value is -2.63. The molecular formula is C18H14N6S2. The minimum Gasteiger partial charge on any atom is -0.357 e. The first-order valence-corrected chi connectivity index (χ1v) is 9.95. The van der Waals surface area contributed by atoms with Crippen molar-refractivity contribution in [2.24, 2.45) is 0 Å². The number of hydrogen-bond acceptors (Lipinski definition) is 7. The Labute approximate surface area is 157 Å². The molecule has 3 aromatic heterocycles. The van der Waals surface area contributed by atoms with Gasteiger partial charge >= 0.3 is 0 Å². The number of anilines is 1. The predicted octanol–water partition coefficient (Wildman–Crippen LogP) is 4.24. The van der Waals surface area contributed by atoms with E-state index in [4.69, 9.17) is 0 Å². The summed E-state index contributed by atoms with van der Waals surface area (Å²) in [5.41, 5.74) is 4.08. The average Bonchev–Trinajstić information content (AvgIpc) is 3.20. The number of pyridine rings is 1. The number of aromatic nitrogens is 4. The van der Waals surface area contributed by atoms with Gasteiger partial charge in [-0.15, -0.1) is 10.2 Å². The first kappa shape index (κ1) is 15.6. The quantitative estimate of drug-likeness (QED) is 0.572.